The third kappa shape index (κ3) is 1.61. The number of rotatable bonds is 1. The summed E-state index contributed by atoms with van der Waals surface area (Å²) in [6, 6.07) is 3.71. The molecular formula is C14H15FN2OS. The van der Waals surface area contributed by atoms with Crippen molar-refractivity contribution in [1.82, 2.24) is 9.55 Å². The van der Waals surface area contributed by atoms with E-state index in [0.717, 1.165) is 30.3 Å². The molecule has 3 atom stereocenters. The summed E-state index contributed by atoms with van der Waals surface area (Å²) in [4.78, 5) is 3.11. The highest BCUT2D eigenvalue weighted by Gasteiger charge is 2.42. The number of ether oxygens (including phenoxy) is 1. The summed E-state index contributed by atoms with van der Waals surface area (Å²) >= 11 is 5.42. The van der Waals surface area contributed by atoms with Gasteiger partial charge in [-0.15, -0.1) is 0 Å². The fourth-order valence-corrected chi connectivity index (χ4v) is 3.81. The van der Waals surface area contributed by atoms with Crippen molar-refractivity contribution in [3.8, 4) is 0 Å². The summed E-state index contributed by atoms with van der Waals surface area (Å²) in [5.74, 6) is -0.194. The number of nitrogens with one attached hydrogen (secondary N) is 1. The van der Waals surface area contributed by atoms with Crippen LogP contribution in [0, 0.1) is 17.5 Å². The molecule has 3 nitrogen and oxygen atoms in total. The van der Waals surface area contributed by atoms with E-state index in [1.165, 1.54) is 6.07 Å². The van der Waals surface area contributed by atoms with Gasteiger partial charge < -0.3 is 14.3 Å². The molecule has 100 valence electrons. The molecule has 2 aromatic rings. The monoisotopic (exact) mass is 278 g/mol. The molecule has 2 aliphatic rings. The topological polar surface area (TPSA) is 29.9 Å². The molecule has 2 bridgehead atoms. The quantitative estimate of drug-likeness (QED) is 0.807. The first-order valence-electron chi connectivity index (χ1n) is 6.69. The molecular weight excluding hydrogens is 263 g/mol. The van der Waals surface area contributed by atoms with E-state index in [-0.39, 0.29) is 11.9 Å². The van der Waals surface area contributed by atoms with Gasteiger partial charge in [-0.3, -0.25) is 0 Å². The Kier molecular flexibility index (Phi) is 2.38. The lowest BCUT2D eigenvalue weighted by Crippen LogP contribution is -2.20. The Balaban J connectivity index is 1.92. The number of aryl methyl sites for hydroxylation is 1. The molecule has 1 aromatic carbocycles. The van der Waals surface area contributed by atoms with Crippen molar-refractivity contribution in [2.24, 2.45) is 0 Å². The molecule has 1 N–H and O–H groups in total. The lowest BCUT2D eigenvalue weighted by atomic mass is 9.95. The summed E-state index contributed by atoms with van der Waals surface area (Å²) in [5.41, 5.74) is 2.42. The van der Waals surface area contributed by atoms with Crippen LogP contribution in [0.3, 0.4) is 0 Å². The van der Waals surface area contributed by atoms with Gasteiger partial charge in [0.25, 0.3) is 0 Å². The zero-order valence-corrected chi connectivity index (χ0v) is 11.5. The number of H-pyrrole nitrogens is 1. The lowest BCUT2D eigenvalue weighted by Gasteiger charge is -2.21. The van der Waals surface area contributed by atoms with E-state index in [9.17, 15) is 4.39 Å². The SMILES string of the molecule is Cc1cc2c(cc1F)[nH]c(=S)n2C1CC2CCC1O2. The van der Waals surface area contributed by atoms with Crippen LogP contribution in [0.1, 0.15) is 30.9 Å². The van der Waals surface area contributed by atoms with Crippen LogP contribution in [0.5, 0.6) is 0 Å². The van der Waals surface area contributed by atoms with Gasteiger partial charge in [-0.05, 0) is 56.1 Å². The number of nitrogens with zero attached hydrogens (tertiary/aromatic N) is 1. The maximum Gasteiger partial charge on any atom is 0.178 e. The predicted molar refractivity (Wildman–Crippen MR) is 73.4 cm³/mol. The Hall–Kier alpha value is -1.20. The average Bonchev–Trinajstić information content (AvgIpc) is 3.03. The fraction of sp³-hybridized carbons (Fsp3) is 0.500. The van der Waals surface area contributed by atoms with Gasteiger partial charge in [0.2, 0.25) is 0 Å². The fourth-order valence-electron chi connectivity index (χ4n) is 3.46. The molecule has 0 spiro atoms. The van der Waals surface area contributed by atoms with Gasteiger partial charge in [-0.1, -0.05) is 0 Å². The number of hydrogen-bond acceptors (Lipinski definition) is 2. The first-order chi connectivity index (χ1) is 9.13. The minimum Gasteiger partial charge on any atom is -0.373 e. The highest BCUT2D eigenvalue weighted by molar-refractivity contribution is 7.71. The first kappa shape index (κ1) is 11.6. The summed E-state index contributed by atoms with van der Waals surface area (Å²) in [5, 5.41) is 0. The zero-order valence-electron chi connectivity index (χ0n) is 10.6. The molecule has 1 aromatic heterocycles. The molecule has 0 amide bonds. The maximum absolute atomic E-state index is 13.6. The summed E-state index contributed by atoms with van der Waals surface area (Å²) in [6.45, 7) is 1.78. The van der Waals surface area contributed by atoms with Gasteiger partial charge in [-0.25, -0.2) is 4.39 Å². The van der Waals surface area contributed by atoms with Crippen LogP contribution in [0.4, 0.5) is 4.39 Å². The maximum atomic E-state index is 13.6. The van der Waals surface area contributed by atoms with Crippen molar-refractivity contribution in [1.29, 1.82) is 0 Å². The molecule has 0 aliphatic carbocycles. The van der Waals surface area contributed by atoms with E-state index in [4.69, 9.17) is 17.0 Å². The Morgan fingerprint density at radius 3 is 2.95 bits per heavy atom. The minimum absolute atomic E-state index is 0.194. The molecule has 5 heteroatoms. The van der Waals surface area contributed by atoms with Crippen molar-refractivity contribution in [3.05, 3.63) is 28.3 Å². The Bertz CT molecular complexity index is 720. The number of aromatic nitrogens is 2. The molecule has 2 fully saturated rings. The molecule has 3 unspecified atom stereocenters. The number of hydrogen-bond donors (Lipinski definition) is 1. The van der Waals surface area contributed by atoms with Crippen LogP contribution in [0.15, 0.2) is 12.1 Å². The van der Waals surface area contributed by atoms with E-state index in [1.54, 1.807) is 6.92 Å². The summed E-state index contributed by atoms with van der Waals surface area (Å²) in [6.07, 6.45) is 3.92. The first-order valence-corrected chi connectivity index (χ1v) is 7.10. The van der Waals surface area contributed by atoms with Gasteiger partial charge >= 0.3 is 0 Å². The minimum atomic E-state index is -0.194. The molecule has 0 radical (unpaired) electrons. The Labute approximate surface area is 115 Å². The van der Waals surface area contributed by atoms with Crippen LogP contribution < -0.4 is 0 Å². The zero-order chi connectivity index (χ0) is 13.1. The molecule has 0 saturated carbocycles. The van der Waals surface area contributed by atoms with Crippen LogP contribution in [-0.2, 0) is 4.74 Å². The van der Waals surface area contributed by atoms with Gasteiger partial charge in [0.05, 0.1) is 29.3 Å². The van der Waals surface area contributed by atoms with Crippen LogP contribution in [0.2, 0.25) is 0 Å². The normalized spacial score (nSPS) is 29.5. The average molecular weight is 278 g/mol. The second-order valence-electron chi connectivity index (χ2n) is 5.60. The molecule has 19 heavy (non-hydrogen) atoms. The predicted octanol–water partition coefficient (Wildman–Crippen LogP) is 3.64. The van der Waals surface area contributed by atoms with Crippen molar-refractivity contribution in [2.45, 2.75) is 44.4 Å². The van der Waals surface area contributed by atoms with Gasteiger partial charge in [0, 0.05) is 0 Å². The van der Waals surface area contributed by atoms with Gasteiger partial charge in [-0.2, -0.15) is 0 Å². The second kappa shape index (κ2) is 3.90. The number of aromatic amines is 1. The Morgan fingerprint density at radius 2 is 2.26 bits per heavy atom. The van der Waals surface area contributed by atoms with Crippen molar-refractivity contribution in [2.75, 3.05) is 0 Å². The van der Waals surface area contributed by atoms with E-state index >= 15 is 0 Å². The second-order valence-corrected chi connectivity index (χ2v) is 5.98. The van der Waals surface area contributed by atoms with Crippen molar-refractivity contribution in [3.63, 3.8) is 0 Å². The van der Waals surface area contributed by atoms with Crippen LogP contribution in [0.25, 0.3) is 11.0 Å². The van der Waals surface area contributed by atoms with Crippen LogP contribution in [-0.4, -0.2) is 21.8 Å². The van der Waals surface area contributed by atoms with E-state index in [2.05, 4.69) is 9.55 Å². The highest BCUT2D eigenvalue weighted by atomic mass is 32.1. The summed E-state index contributed by atoms with van der Waals surface area (Å²) < 4.78 is 22.3. The van der Waals surface area contributed by atoms with Gasteiger partial charge in [0.1, 0.15) is 5.82 Å². The Morgan fingerprint density at radius 1 is 1.42 bits per heavy atom. The lowest BCUT2D eigenvalue weighted by molar-refractivity contribution is 0.0941. The molecule has 2 aliphatic heterocycles. The number of benzene rings is 1. The van der Waals surface area contributed by atoms with Gasteiger partial charge in [0.15, 0.2) is 4.77 Å². The van der Waals surface area contributed by atoms with Crippen molar-refractivity contribution >= 4 is 23.3 Å². The van der Waals surface area contributed by atoms with Crippen molar-refractivity contribution < 1.29 is 9.13 Å². The third-order valence-electron chi connectivity index (χ3n) is 4.40. The molecule has 3 heterocycles. The number of fused-ring (bicyclic) bond motifs is 3. The third-order valence-corrected chi connectivity index (χ3v) is 4.70. The van der Waals surface area contributed by atoms with Crippen LogP contribution >= 0.6 is 12.2 Å². The largest absolute Gasteiger partial charge is 0.373 e. The number of halogens is 1. The highest BCUT2D eigenvalue weighted by Crippen LogP contribution is 2.43. The molecule has 4 rings (SSSR count). The molecule has 2 saturated heterocycles. The number of imidazole rings is 1. The standard InChI is InChI=1S/C14H15FN2OS/c1-7-4-11-10(6-9(7)15)16-14(19)17(11)12-5-8-2-3-13(12)18-8/h4,6,8,12-13H,2-3,5H2,1H3,(H,16,19). The summed E-state index contributed by atoms with van der Waals surface area (Å²) in [7, 11) is 0. The van der Waals surface area contributed by atoms with E-state index in [0.29, 0.717) is 22.5 Å². The smallest absolute Gasteiger partial charge is 0.178 e. The van der Waals surface area contributed by atoms with E-state index in [1.807, 2.05) is 6.07 Å². The van der Waals surface area contributed by atoms with E-state index < -0.39 is 0 Å².